The van der Waals surface area contributed by atoms with Crippen LogP contribution in [0.2, 0.25) is 0 Å². The molecular weight excluding hydrogens is 172 g/mol. The van der Waals surface area contributed by atoms with E-state index in [9.17, 15) is 0 Å². The van der Waals surface area contributed by atoms with Gasteiger partial charge in [-0.25, -0.2) is 9.97 Å². The Morgan fingerprint density at radius 1 is 1.67 bits per heavy atom. The predicted octanol–water partition coefficient (Wildman–Crippen LogP) is 0.990. The number of thiocarbonyl (C=S) groups is 1. The molecule has 0 saturated heterocycles. The van der Waals surface area contributed by atoms with Crippen molar-refractivity contribution < 1.29 is 0 Å². The summed E-state index contributed by atoms with van der Waals surface area (Å²) >= 11 is 4.65. The van der Waals surface area contributed by atoms with Crippen molar-refractivity contribution in [3.05, 3.63) is 12.0 Å². The number of nitrogens with zero attached hydrogens (tertiary/aromatic N) is 2. The Hall–Kier alpha value is -1.23. The number of nitrogen functional groups attached to an aromatic ring is 1. The molecule has 0 spiro atoms. The van der Waals surface area contributed by atoms with Gasteiger partial charge in [0.25, 0.3) is 0 Å². The van der Waals surface area contributed by atoms with Crippen molar-refractivity contribution in [1.82, 2.24) is 9.97 Å². The topological polar surface area (TPSA) is 63.8 Å². The van der Waals surface area contributed by atoms with E-state index in [1.165, 1.54) is 11.8 Å². The zero-order valence-electron chi connectivity index (χ0n) is 6.74. The van der Waals surface area contributed by atoms with Gasteiger partial charge in [-0.1, -0.05) is 19.1 Å². The second-order valence-electron chi connectivity index (χ2n) is 2.20. The normalized spacial score (nSPS) is 9.42. The van der Waals surface area contributed by atoms with Gasteiger partial charge in [-0.2, -0.15) is 0 Å². The van der Waals surface area contributed by atoms with Crippen molar-refractivity contribution >= 4 is 29.2 Å². The van der Waals surface area contributed by atoms with Gasteiger partial charge in [-0.3, -0.25) is 0 Å². The maximum atomic E-state index is 5.60. The summed E-state index contributed by atoms with van der Waals surface area (Å²) in [6.07, 6.45) is 2.25. The molecule has 1 rings (SSSR count). The number of nitrogens with one attached hydrogen (secondary N) is 1. The maximum Gasteiger partial charge on any atom is 0.150 e. The SMILES string of the molecule is CCc1ncnc(N)c1NC=S. The van der Waals surface area contributed by atoms with Crippen LogP contribution in [-0.4, -0.2) is 15.5 Å². The number of rotatable bonds is 3. The number of aromatic nitrogens is 2. The molecule has 0 aliphatic rings. The first-order valence-corrected chi connectivity index (χ1v) is 4.06. The van der Waals surface area contributed by atoms with Gasteiger partial charge in [0.05, 0.1) is 11.2 Å². The molecule has 4 nitrogen and oxygen atoms in total. The molecule has 64 valence electrons. The van der Waals surface area contributed by atoms with Crippen molar-refractivity contribution in [2.24, 2.45) is 0 Å². The Morgan fingerprint density at radius 2 is 2.42 bits per heavy atom. The maximum absolute atomic E-state index is 5.60. The molecule has 1 aromatic rings. The molecule has 0 aliphatic carbocycles. The fourth-order valence-electron chi connectivity index (χ4n) is 0.922. The van der Waals surface area contributed by atoms with E-state index in [0.717, 1.165) is 17.8 Å². The average molecular weight is 182 g/mol. The summed E-state index contributed by atoms with van der Waals surface area (Å²) in [6.45, 7) is 2.00. The Labute approximate surface area is 76.2 Å². The van der Waals surface area contributed by atoms with Crippen LogP contribution in [0.3, 0.4) is 0 Å². The molecule has 12 heavy (non-hydrogen) atoms. The van der Waals surface area contributed by atoms with Crippen LogP contribution in [0.5, 0.6) is 0 Å². The highest BCUT2D eigenvalue weighted by molar-refractivity contribution is 7.79. The lowest BCUT2D eigenvalue weighted by molar-refractivity contribution is 1.01. The fraction of sp³-hybridized carbons (Fsp3) is 0.286. The lowest BCUT2D eigenvalue weighted by atomic mass is 10.2. The number of anilines is 2. The Balaban J connectivity index is 3.10. The van der Waals surface area contributed by atoms with Crippen molar-refractivity contribution in [2.45, 2.75) is 13.3 Å². The summed E-state index contributed by atoms with van der Waals surface area (Å²) in [5.41, 5.74) is 8.60. The van der Waals surface area contributed by atoms with E-state index in [4.69, 9.17) is 5.73 Å². The summed E-state index contributed by atoms with van der Waals surface area (Å²) < 4.78 is 0. The van der Waals surface area contributed by atoms with Crippen LogP contribution in [0.1, 0.15) is 12.6 Å². The van der Waals surface area contributed by atoms with Gasteiger partial charge in [-0.15, -0.1) is 0 Å². The Morgan fingerprint density at radius 3 is 3.00 bits per heavy atom. The summed E-state index contributed by atoms with van der Waals surface area (Å²) in [7, 11) is 0. The third-order valence-corrected chi connectivity index (χ3v) is 1.61. The van der Waals surface area contributed by atoms with Crippen LogP contribution in [0.15, 0.2) is 6.33 Å². The van der Waals surface area contributed by atoms with E-state index >= 15 is 0 Å². The first-order chi connectivity index (χ1) is 5.79. The van der Waals surface area contributed by atoms with Gasteiger partial charge in [0, 0.05) is 0 Å². The average Bonchev–Trinajstić information content (AvgIpc) is 2.09. The zero-order valence-corrected chi connectivity index (χ0v) is 7.56. The number of hydrogen-bond acceptors (Lipinski definition) is 4. The molecule has 3 N–H and O–H groups in total. The molecule has 0 fully saturated rings. The first-order valence-electron chi connectivity index (χ1n) is 3.59. The second-order valence-corrected chi connectivity index (χ2v) is 2.43. The van der Waals surface area contributed by atoms with E-state index in [0.29, 0.717) is 5.82 Å². The lowest BCUT2D eigenvalue weighted by Crippen LogP contribution is -2.05. The Kier molecular flexibility index (Phi) is 2.93. The molecule has 0 saturated carbocycles. The summed E-state index contributed by atoms with van der Waals surface area (Å²) in [5, 5.41) is 2.84. The van der Waals surface area contributed by atoms with Crippen molar-refractivity contribution in [3.63, 3.8) is 0 Å². The third-order valence-electron chi connectivity index (χ3n) is 1.49. The summed E-state index contributed by atoms with van der Waals surface area (Å²) in [5.74, 6) is 0.433. The van der Waals surface area contributed by atoms with E-state index < -0.39 is 0 Å². The third kappa shape index (κ3) is 1.68. The molecule has 0 unspecified atom stereocenters. The van der Waals surface area contributed by atoms with E-state index in [1.807, 2.05) is 6.92 Å². The molecule has 1 aromatic heterocycles. The molecule has 5 heteroatoms. The van der Waals surface area contributed by atoms with Crippen LogP contribution in [0.25, 0.3) is 0 Å². The second kappa shape index (κ2) is 3.96. The molecule has 0 bridgehead atoms. The van der Waals surface area contributed by atoms with Gasteiger partial charge in [0.2, 0.25) is 0 Å². The molecule has 0 atom stereocenters. The van der Waals surface area contributed by atoms with Crippen LogP contribution >= 0.6 is 12.2 Å². The zero-order chi connectivity index (χ0) is 8.97. The first kappa shape index (κ1) is 8.86. The minimum atomic E-state index is 0.433. The van der Waals surface area contributed by atoms with Crippen LogP contribution in [-0.2, 0) is 6.42 Å². The van der Waals surface area contributed by atoms with Gasteiger partial charge >= 0.3 is 0 Å². The smallest absolute Gasteiger partial charge is 0.150 e. The van der Waals surface area contributed by atoms with Crippen molar-refractivity contribution in [1.29, 1.82) is 0 Å². The number of nitrogens with two attached hydrogens (primary N) is 1. The van der Waals surface area contributed by atoms with Crippen molar-refractivity contribution in [3.8, 4) is 0 Å². The quantitative estimate of drug-likeness (QED) is 0.682. The molecule has 0 amide bonds. The monoisotopic (exact) mass is 182 g/mol. The van der Waals surface area contributed by atoms with Crippen LogP contribution in [0, 0.1) is 0 Å². The molecular formula is C7H10N4S. The van der Waals surface area contributed by atoms with Crippen LogP contribution in [0.4, 0.5) is 11.5 Å². The van der Waals surface area contributed by atoms with Gasteiger partial charge < -0.3 is 11.1 Å². The highest BCUT2D eigenvalue weighted by Crippen LogP contribution is 2.18. The highest BCUT2D eigenvalue weighted by atomic mass is 32.1. The standard InChI is InChI=1S/C7H10N4S/c1-2-5-6(11-4-12)7(8)10-3-9-5/h3-4H,2H2,1H3,(H,11,12)(H2,8,9,10). The summed E-state index contributed by atoms with van der Waals surface area (Å²) in [4.78, 5) is 7.90. The molecule has 0 radical (unpaired) electrons. The van der Waals surface area contributed by atoms with E-state index in [-0.39, 0.29) is 0 Å². The fourth-order valence-corrected chi connectivity index (χ4v) is 1.04. The van der Waals surface area contributed by atoms with Gasteiger partial charge in [0.15, 0.2) is 5.82 Å². The largest absolute Gasteiger partial charge is 0.382 e. The minimum absolute atomic E-state index is 0.433. The van der Waals surface area contributed by atoms with Gasteiger partial charge in [0.1, 0.15) is 12.0 Å². The predicted molar refractivity (Wildman–Crippen MR) is 53.1 cm³/mol. The summed E-state index contributed by atoms with van der Waals surface area (Å²) in [6, 6.07) is 0. The highest BCUT2D eigenvalue weighted by Gasteiger charge is 2.04. The lowest BCUT2D eigenvalue weighted by Gasteiger charge is -2.06. The van der Waals surface area contributed by atoms with E-state index in [1.54, 1.807) is 0 Å². The Bertz CT molecular complexity index is 287. The molecule has 0 aliphatic heterocycles. The van der Waals surface area contributed by atoms with E-state index in [2.05, 4.69) is 27.5 Å². The molecule has 0 aromatic carbocycles. The number of aryl methyl sites for hydroxylation is 1. The molecule has 1 heterocycles. The van der Waals surface area contributed by atoms with Crippen LogP contribution < -0.4 is 11.1 Å². The number of hydrogen-bond donors (Lipinski definition) is 2. The minimum Gasteiger partial charge on any atom is -0.382 e. The van der Waals surface area contributed by atoms with Crippen molar-refractivity contribution in [2.75, 3.05) is 11.1 Å². The van der Waals surface area contributed by atoms with Gasteiger partial charge in [-0.05, 0) is 6.42 Å².